The summed E-state index contributed by atoms with van der Waals surface area (Å²) in [6, 6.07) is 6.47. The SMILES string of the molecule is CCC(C)N(CCOC)c1ccc(Br)cc1N. The molecular formula is C13H21BrN2O. The van der Waals surface area contributed by atoms with Crippen LogP contribution in [0, 0.1) is 0 Å². The Bertz CT molecular complexity index is 357. The van der Waals surface area contributed by atoms with Crippen LogP contribution in [0.1, 0.15) is 20.3 Å². The van der Waals surface area contributed by atoms with E-state index < -0.39 is 0 Å². The third-order valence-corrected chi connectivity index (χ3v) is 3.45. The molecule has 1 rings (SSSR count). The number of benzene rings is 1. The Morgan fingerprint density at radius 1 is 1.47 bits per heavy atom. The zero-order valence-electron chi connectivity index (χ0n) is 10.7. The lowest BCUT2D eigenvalue weighted by Gasteiger charge is -2.31. The molecular weight excluding hydrogens is 280 g/mol. The van der Waals surface area contributed by atoms with E-state index in [2.05, 4.69) is 40.7 Å². The summed E-state index contributed by atoms with van der Waals surface area (Å²) in [6.07, 6.45) is 1.08. The topological polar surface area (TPSA) is 38.5 Å². The first-order chi connectivity index (χ1) is 8.10. The van der Waals surface area contributed by atoms with Gasteiger partial charge in [0.1, 0.15) is 0 Å². The Morgan fingerprint density at radius 3 is 2.71 bits per heavy atom. The fourth-order valence-corrected chi connectivity index (χ4v) is 2.15. The molecule has 0 bridgehead atoms. The van der Waals surface area contributed by atoms with Crippen LogP contribution in [0.3, 0.4) is 0 Å². The Morgan fingerprint density at radius 2 is 2.18 bits per heavy atom. The number of halogens is 1. The molecule has 1 aromatic carbocycles. The van der Waals surface area contributed by atoms with Gasteiger partial charge in [-0.3, -0.25) is 0 Å². The van der Waals surface area contributed by atoms with E-state index in [0.717, 1.165) is 28.8 Å². The van der Waals surface area contributed by atoms with Gasteiger partial charge in [0.15, 0.2) is 0 Å². The fraction of sp³-hybridized carbons (Fsp3) is 0.538. The van der Waals surface area contributed by atoms with Gasteiger partial charge in [-0.2, -0.15) is 0 Å². The number of nitrogens with zero attached hydrogens (tertiary/aromatic N) is 1. The maximum Gasteiger partial charge on any atom is 0.0637 e. The minimum Gasteiger partial charge on any atom is -0.397 e. The van der Waals surface area contributed by atoms with Crippen LogP contribution in [-0.2, 0) is 4.74 Å². The average molecular weight is 301 g/mol. The van der Waals surface area contributed by atoms with Crippen LogP contribution in [0.25, 0.3) is 0 Å². The zero-order chi connectivity index (χ0) is 12.8. The average Bonchev–Trinajstić information content (AvgIpc) is 2.31. The molecule has 1 aromatic rings. The largest absolute Gasteiger partial charge is 0.397 e. The molecule has 0 aromatic heterocycles. The van der Waals surface area contributed by atoms with E-state index in [1.165, 1.54) is 0 Å². The van der Waals surface area contributed by atoms with Crippen molar-refractivity contribution in [1.82, 2.24) is 0 Å². The third kappa shape index (κ3) is 3.89. The molecule has 0 saturated carbocycles. The lowest BCUT2D eigenvalue weighted by molar-refractivity contribution is 0.203. The van der Waals surface area contributed by atoms with Crippen molar-refractivity contribution in [3.05, 3.63) is 22.7 Å². The van der Waals surface area contributed by atoms with Crippen LogP contribution in [0.4, 0.5) is 11.4 Å². The number of methoxy groups -OCH3 is 1. The first kappa shape index (κ1) is 14.3. The molecule has 0 amide bonds. The van der Waals surface area contributed by atoms with E-state index in [0.29, 0.717) is 12.6 Å². The quantitative estimate of drug-likeness (QED) is 0.820. The highest BCUT2D eigenvalue weighted by atomic mass is 79.9. The Kier molecular flexibility index (Phi) is 5.78. The number of anilines is 2. The van der Waals surface area contributed by atoms with Crippen molar-refractivity contribution in [1.29, 1.82) is 0 Å². The molecule has 0 aliphatic heterocycles. The van der Waals surface area contributed by atoms with Crippen LogP contribution >= 0.6 is 15.9 Å². The van der Waals surface area contributed by atoms with Gasteiger partial charge in [0.25, 0.3) is 0 Å². The van der Waals surface area contributed by atoms with E-state index in [4.69, 9.17) is 10.5 Å². The van der Waals surface area contributed by atoms with Crippen molar-refractivity contribution in [2.24, 2.45) is 0 Å². The molecule has 1 atom stereocenters. The van der Waals surface area contributed by atoms with Crippen molar-refractivity contribution < 1.29 is 4.74 Å². The molecule has 0 aliphatic rings. The lowest BCUT2D eigenvalue weighted by Crippen LogP contribution is -2.35. The predicted molar refractivity (Wildman–Crippen MR) is 77.5 cm³/mol. The minimum absolute atomic E-state index is 0.452. The van der Waals surface area contributed by atoms with E-state index in [1.807, 2.05) is 12.1 Å². The van der Waals surface area contributed by atoms with Gasteiger partial charge in [-0.25, -0.2) is 0 Å². The smallest absolute Gasteiger partial charge is 0.0637 e. The van der Waals surface area contributed by atoms with Gasteiger partial charge in [0, 0.05) is 24.2 Å². The minimum atomic E-state index is 0.452. The van der Waals surface area contributed by atoms with Gasteiger partial charge in [0.2, 0.25) is 0 Å². The van der Waals surface area contributed by atoms with Gasteiger partial charge >= 0.3 is 0 Å². The van der Waals surface area contributed by atoms with Crippen molar-refractivity contribution >= 4 is 27.3 Å². The summed E-state index contributed by atoms with van der Waals surface area (Å²) in [5, 5.41) is 0. The summed E-state index contributed by atoms with van der Waals surface area (Å²) in [6.45, 7) is 5.95. The number of ether oxygens (including phenoxy) is 1. The highest BCUT2D eigenvalue weighted by Crippen LogP contribution is 2.28. The summed E-state index contributed by atoms with van der Waals surface area (Å²) in [5.41, 5.74) is 7.96. The summed E-state index contributed by atoms with van der Waals surface area (Å²) >= 11 is 3.43. The predicted octanol–water partition coefficient (Wildman–Crippen LogP) is 3.28. The molecule has 96 valence electrons. The summed E-state index contributed by atoms with van der Waals surface area (Å²) in [7, 11) is 1.72. The van der Waals surface area contributed by atoms with Gasteiger partial charge in [-0.15, -0.1) is 0 Å². The van der Waals surface area contributed by atoms with E-state index in [1.54, 1.807) is 7.11 Å². The van der Waals surface area contributed by atoms with Crippen LogP contribution in [-0.4, -0.2) is 26.3 Å². The molecule has 4 heteroatoms. The summed E-state index contributed by atoms with van der Waals surface area (Å²) in [5.74, 6) is 0. The second-order valence-electron chi connectivity index (χ2n) is 4.15. The van der Waals surface area contributed by atoms with E-state index in [-0.39, 0.29) is 0 Å². The third-order valence-electron chi connectivity index (χ3n) is 2.96. The standard InChI is InChI=1S/C13H21BrN2O/c1-4-10(2)16(7-8-17-3)13-6-5-11(14)9-12(13)15/h5-6,9-10H,4,7-8,15H2,1-3H3. The molecule has 0 radical (unpaired) electrons. The number of hydrogen-bond acceptors (Lipinski definition) is 3. The first-order valence-electron chi connectivity index (χ1n) is 5.90. The maximum absolute atomic E-state index is 6.07. The molecule has 0 spiro atoms. The molecule has 2 N–H and O–H groups in total. The summed E-state index contributed by atoms with van der Waals surface area (Å²) < 4.78 is 6.17. The molecule has 0 heterocycles. The monoisotopic (exact) mass is 300 g/mol. The van der Waals surface area contributed by atoms with Crippen molar-refractivity contribution in [2.45, 2.75) is 26.3 Å². The second-order valence-corrected chi connectivity index (χ2v) is 5.06. The Balaban J connectivity index is 2.95. The highest BCUT2D eigenvalue weighted by Gasteiger charge is 2.15. The summed E-state index contributed by atoms with van der Waals surface area (Å²) in [4.78, 5) is 2.30. The number of rotatable bonds is 6. The molecule has 0 fully saturated rings. The number of nitrogen functional groups attached to an aromatic ring is 1. The Labute approximate surface area is 112 Å². The van der Waals surface area contributed by atoms with E-state index >= 15 is 0 Å². The highest BCUT2D eigenvalue weighted by molar-refractivity contribution is 9.10. The van der Waals surface area contributed by atoms with Crippen LogP contribution in [0.2, 0.25) is 0 Å². The van der Waals surface area contributed by atoms with Crippen LogP contribution in [0.15, 0.2) is 22.7 Å². The normalized spacial score (nSPS) is 12.5. The van der Waals surface area contributed by atoms with Crippen LogP contribution < -0.4 is 10.6 Å². The van der Waals surface area contributed by atoms with Crippen molar-refractivity contribution in [3.63, 3.8) is 0 Å². The van der Waals surface area contributed by atoms with Gasteiger partial charge in [-0.1, -0.05) is 22.9 Å². The second kappa shape index (κ2) is 6.87. The fourth-order valence-electron chi connectivity index (χ4n) is 1.78. The van der Waals surface area contributed by atoms with Gasteiger partial charge in [-0.05, 0) is 31.5 Å². The Hall–Kier alpha value is -0.740. The molecule has 1 unspecified atom stereocenters. The first-order valence-corrected chi connectivity index (χ1v) is 6.70. The lowest BCUT2D eigenvalue weighted by atomic mass is 10.1. The van der Waals surface area contributed by atoms with Crippen LogP contribution in [0.5, 0.6) is 0 Å². The van der Waals surface area contributed by atoms with E-state index in [9.17, 15) is 0 Å². The number of hydrogen-bond donors (Lipinski definition) is 1. The molecule has 3 nitrogen and oxygen atoms in total. The molecule has 17 heavy (non-hydrogen) atoms. The molecule has 0 aliphatic carbocycles. The number of nitrogens with two attached hydrogens (primary N) is 1. The zero-order valence-corrected chi connectivity index (χ0v) is 12.3. The van der Waals surface area contributed by atoms with Crippen molar-refractivity contribution in [2.75, 3.05) is 30.9 Å². The van der Waals surface area contributed by atoms with Crippen molar-refractivity contribution in [3.8, 4) is 0 Å². The van der Waals surface area contributed by atoms with Gasteiger partial charge < -0.3 is 15.4 Å². The maximum atomic E-state index is 6.07. The van der Waals surface area contributed by atoms with Gasteiger partial charge in [0.05, 0.1) is 18.0 Å². The molecule has 0 saturated heterocycles.